The minimum Gasteiger partial charge on any atom is -0.464 e. The first-order valence-corrected chi connectivity index (χ1v) is 3.91. The lowest BCUT2D eigenvalue weighted by Crippen LogP contribution is -1.57. The van der Waals surface area contributed by atoms with E-state index in [1.165, 1.54) is 0 Å². The van der Waals surface area contributed by atoms with Gasteiger partial charge in [0.25, 0.3) is 0 Å². The van der Waals surface area contributed by atoms with E-state index in [9.17, 15) is 0 Å². The van der Waals surface area contributed by atoms with Crippen molar-refractivity contribution in [2.24, 2.45) is 0 Å². The summed E-state index contributed by atoms with van der Waals surface area (Å²) in [5, 5.41) is 8.73. The van der Waals surface area contributed by atoms with Gasteiger partial charge >= 0.3 is 0 Å². The highest BCUT2D eigenvalue weighted by atomic mass is 16.3. The third-order valence-electron chi connectivity index (χ3n) is 1.36. The maximum absolute atomic E-state index is 7.57. The van der Waals surface area contributed by atoms with Crippen molar-refractivity contribution in [1.82, 2.24) is 0 Å². The Morgan fingerprint density at radius 3 is 2.58 bits per heavy atom. The number of furan rings is 1. The lowest BCUT2D eigenvalue weighted by Gasteiger charge is -1.81. The fraction of sp³-hybridized carbons (Fsp3) is 0.200. The molecular formula is C10H12O2. The zero-order valence-corrected chi connectivity index (χ0v) is 7.03. The largest absolute Gasteiger partial charge is 0.464 e. The smallest absolute Gasteiger partial charge is 0.133 e. The highest BCUT2D eigenvalue weighted by Crippen LogP contribution is 2.12. The van der Waals surface area contributed by atoms with Gasteiger partial charge in [-0.15, -0.1) is 0 Å². The van der Waals surface area contributed by atoms with Gasteiger partial charge < -0.3 is 9.52 Å². The topological polar surface area (TPSA) is 33.4 Å². The van der Waals surface area contributed by atoms with Crippen LogP contribution in [0.5, 0.6) is 0 Å². The Labute approximate surface area is 71.4 Å². The average molecular weight is 164 g/mol. The van der Waals surface area contributed by atoms with Gasteiger partial charge in [0.1, 0.15) is 5.58 Å². The molecule has 0 spiro atoms. The SMILES string of the molecule is CCO.c1ccc2occc2c1. The molecule has 64 valence electrons. The minimum atomic E-state index is 0.250. The van der Waals surface area contributed by atoms with Gasteiger partial charge in [-0.3, -0.25) is 0 Å². The molecule has 12 heavy (non-hydrogen) atoms. The van der Waals surface area contributed by atoms with Crippen LogP contribution < -0.4 is 0 Å². The molecule has 2 rings (SSSR count). The van der Waals surface area contributed by atoms with Gasteiger partial charge in [0.05, 0.1) is 6.26 Å². The Kier molecular flexibility index (Phi) is 3.35. The van der Waals surface area contributed by atoms with Crippen molar-refractivity contribution in [2.75, 3.05) is 6.61 Å². The molecule has 0 fully saturated rings. The zero-order chi connectivity index (χ0) is 8.81. The molecule has 1 aromatic heterocycles. The fourth-order valence-electron chi connectivity index (χ4n) is 0.906. The summed E-state index contributed by atoms with van der Waals surface area (Å²) in [5.41, 5.74) is 0.956. The molecule has 0 bridgehead atoms. The van der Waals surface area contributed by atoms with Crippen molar-refractivity contribution in [3.05, 3.63) is 36.6 Å². The second-order valence-corrected chi connectivity index (χ2v) is 2.27. The standard InChI is InChI=1S/C8H6O.C2H6O/c1-2-4-8-7(3-1)5-6-9-8;1-2-3/h1-6H;3H,2H2,1H3. The van der Waals surface area contributed by atoms with Crippen LogP contribution in [-0.4, -0.2) is 11.7 Å². The van der Waals surface area contributed by atoms with Crippen LogP contribution in [0.15, 0.2) is 41.0 Å². The second kappa shape index (κ2) is 4.57. The lowest BCUT2D eigenvalue weighted by atomic mass is 10.3. The summed E-state index contributed by atoms with van der Waals surface area (Å²) in [6.45, 7) is 1.93. The van der Waals surface area contributed by atoms with Gasteiger partial charge in [-0.2, -0.15) is 0 Å². The van der Waals surface area contributed by atoms with Crippen molar-refractivity contribution in [2.45, 2.75) is 6.92 Å². The number of hydrogen-bond acceptors (Lipinski definition) is 2. The molecule has 2 nitrogen and oxygen atoms in total. The maximum Gasteiger partial charge on any atom is 0.133 e. The first-order chi connectivity index (χ1) is 5.88. The Morgan fingerprint density at radius 2 is 1.92 bits per heavy atom. The molecule has 2 heteroatoms. The Balaban J connectivity index is 0.000000213. The summed E-state index contributed by atoms with van der Waals surface area (Å²) in [4.78, 5) is 0. The monoisotopic (exact) mass is 164 g/mol. The quantitative estimate of drug-likeness (QED) is 0.648. The molecule has 0 saturated heterocycles. The number of hydrogen-bond donors (Lipinski definition) is 1. The number of fused-ring (bicyclic) bond motifs is 1. The highest BCUT2D eigenvalue weighted by Gasteiger charge is 1.89. The molecule has 0 atom stereocenters. The number of benzene rings is 1. The van der Waals surface area contributed by atoms with Gasteiger partial charge in [-0.25, -0.2) is 0 Å². The van der Waals surface area contributed by atoms with Crippen molar-refractivity contribution in [3.8, 4) is 0 Å². The molecular weight excluding hydrogens is 152 g/mol. The lowest BCUT2D eigenvalue weighted by molar-refractivity contribution is 0.318. The first kappa shape index (κ1) is 8.81. The average Bonchev–Trinajstić information content (AvgIpc) is 2.52. The number of rotatable bonds is 0. The van der Waals surface area contributed by atoms with Crippen LogP contribution in [0.3, 0.4) is 0 Å². The van der Waals surface area contributed by atoms with E-state index < -0.39 is 0 Å². The normalized spacial score (nSPS) is 9.17. The van der Waals surface area contributed by atoms with Gasteiger partial charge in [0.15, 0.2) is 0 Å². The number of para-hydroxylation sites is 1. The maximum atomic E-state index is 7.57. The van der Waals surface area contributed by atoms with Crippen LogP contribution in [-0.2, 0) is 0 Å². The predicted octanol–water partition coefficient (Wildman–Crippen LogP) is 2.43. The molecule has 0 aliphatic rings. The Hall–Kier alpha value is -1.28. The van der Waals surface area contributed by atoms with E-state index in [-0.39, 0.29) is 6.61 Å². The van der Waals surface area contributed by atoms with Crippen LogP contribution in [0.2, 0.25) is 0 Å². The molecule has 0 aliphatic heterocycles. The third-order valence-corrected chi connectivity index (χ3v) is 1.36. The molecule has 0 amide bonds. The molecule has 0 radical (unpaired) electrons. The molecule has 1 N–H and O–H groups in total. The van der Waals surface area contributed by atoms with Gasteiger partial charge in [-0.05, 0) is 19.1 Å². The van der Waals surface area contributed by atoms with E-state index in [2.05, 4.69) is 0 Å². The van der Waals surface area contributed by atoms with E-state index in [1.54, 1.807) is 13.2 Å². The van der Waals surface area contributed by atoms with E-state index in [4.69, 9.17) is 9.52 Å². The summed E-state index contributed by atoms with van der Waals surface area (Å²) in [6.07, 6.45) is 1.70. The van der Waals surface area contributed by atoms with Crippen LogP contribution in [0.25, 0.3) is 11.0 Å². The number of aliphatic hydroxyl groups excluding tert-OH is 1. The molecule has 0 unspecified atom stereocenters. The van der Waals surface area contributed by atoms with Crippen molar-refractivity contribution in [1.29, 1.82) is 0 Å². The summed E-state index contributed by atoms with van der Waals surface area (Å²) in [6, 6.07) is 9.90. The molecule has 1 aromatic carbocycles. The predicted molar refractivity (Wildman–Crippen MR) is 49.0 cm³/mol. The van der Waals surface area contributed by atoms with E-state index in [1.807, 2.05) is 30.3 Å². The third kappa shape index (κ3) is 2.10. The molecule has 0 saturated carbocycles. The summed E-state index contributed by atoms with van der Waals surface area (Å²) in [7, 11) is 0. The first-order valence-electron chi connectivity index (χ1n) is 3.91. The van der Waals surface area contributed by atoms with Gasteiger partial charge in [-0.1, -0.05) is 18.2 Å². The fourth-order valence-corrected chi connectivity index (χ4v) is 0.906. The number of aliphatic hydroxyl groups is 1. The van der Waals surface area contributed by atoms with Gasteiger partial charge in [0.2, 0.25) is 0 Å². The van der Waals surface area contributed by atoms with E-state index in [0.717, 1.165) is 11.0 Å². The second-order valence-electron chi connectivity index (χ2n) is 2.27. The highest BCUT2D eigenvalue weighted by molar-refractivity contribution is 5.76. The van der Waals surface area contributed by atoms with Crippen molar-refractivity contribution in [3.63, 3.8) is 0 Å². The van der Waals surface area contributed by atoms with Crippen molar-refractivity contribution < 1.29 is 9.52 Å². The molecule has 2 aromatic rings. The van der Waals surface area contributed by atoms with E-state index in [0.29, 0.717) is 0 Å². The summed E-state index contributed by atoms with van der Waals surface area (Å²) >= 11 is 0. The van der Waals surface area contributed by atoms with Crippen LogP contribution in [0.4, 0.5) is 0 Å². The zero-order valence-electron chi connectivity index (χ0n) is 7.03. The Morgan fingerprint density at radius 1 is 1.25 bits per heavy atom. The molecule has 1 heterocycles. The minimum absolute atomic E-state index is 0.250. The molecule has 0 aliphatic carbocycles. The summed E-state index contributed by atoms with van der Waals surface area (Å²) < 4.78 is 5.12. The van der Waals surface area contributed by atoms with Crippen molar-refractivity contribution >= 4 is 11.0 Å². The van der Waals surface area contributed by atoms with Crippen LogP contribution in [0, 0.1) is 0 Å². The van der Waals surface area contributed by atoms with Crippen LogP contribution >= 0.6 is 0 Å². The van der Waals surface area contributed by atoms with E-state index >= 15 is 0 Å². The van der Waals surface area contributed by atoms with Crippen LogP contribution in [0.1, 0.15) is 6.92 Å². The van der Waals surface area contributed by atoms with Gasteiger partial charge in [0, 0.05) is 12.0 Å². The Bertz CT molecular complexity index is 295. The summed E-state index contributed by atoms with van der Waals surface area (Å²) in [5.74, 6) is 0.